The molecule has 24 heavy (non-hydrogen) atoms. The van der Waals surface area contributed by atoms with Gasteiger partial charge in [0.15, 0.2) is 0 Å². The van der Waals surface area contributed by atoms with E-state index in [0.29, 0.717) is 26.1 Å². The molecule has 6 nitrogen and oxygen atoms in total. The summed E-state index contributed by atoms with van der Waals surface area (Å²) < 4.78 is 50.2. The summed E-state index contributed by atoms with van der Waals surface area (Å²) in [4.78, 5) is 10.9. The Bertz CT molecular complexity index is 655. The Hall–Kier alpha value is -2.29. The SMILES string of the molecule is O=C1NN=C(c2ccc(NC3CCOCC3)c(C(F)(F)F)c2)CO1. The number of hydrazone groups is 1. The fourth-order valence-corrected chi connectivity index (χ4v) is 2.61. The predicted octanol–water partition coefficient (Wildman–Crippen LogP) is 2.74. The number of anilines is 1. The van der Waals surface area contributed by atoms with Crippen LogP contribution in [0.2, 0.25) is 0 Å². The zero-order chi connectivity index (χ0) is 17.2. The lowest BCUT2D eigenvalue weighted by atomic mass is 10.0. The Kier molecular flexibility index (Phi) is 4.61. The van der Waals surface area contributed by atoms with Crippen LogP contribution in [0.15, 0.2) is 23.3 Å². The minimum Gasteiger partial charge on any atom is -0.442 e. The number of amides is 1. The van der Waals surface area contributed by atoms with Gasteiger partial charge in [-0.2, -0.15) is 18.3 Å². The van der Waals surface area contributed by atoms with E-state index in [-0.39, 0.29) is 29.6 Å². The number of alkyl halides is 3. The number of benzene rings is 1. The average Bonchev–Trinajstić information content (AvgIpc) is 2.56. The van der Waals surface area contributed by atoms with Gasteiger partial charge in [0, 0.05) is 30.5 Å². The summed E-state index contributed by atoms with van der Waals surface area (Å²) in [6.45, 7) is 0.895. The molecule has 0 atom stereocenters. The van der Waals surface area contributed by atoms with Crippen LogP contribution in [0.4, 0.5) is 23.7 Å². The minimum absolute atomic E-state index is 0.0273. The number of nitrogens with one attached hydrogen (secondary N) is 2. The van der Waals surface area contributed by atoms with E-state index in [2.05, 4.69) is 15.8 Å². The van der Waals surface area contributed by atoms with Gasteiger partial charge in [-0.15, -0.1) is 0 Å². The first-order chi connectivity index (χ1) is 11.4. The molecule has 2 N–H and O–H groups in total. The molecule has 1 aromatic rings. The van der Waals surface area contributed by atoms with Crippen LogP contribution >= 0.6 is 0 Å². The average molecular weight is 343 g/mol. The highest BCUT2D eigenvalue weighted by Gasteiger charge is 2.35. The number of hydrogen-bond donors (Lipinski definition) is 2. The quantitative estimate of drug-likeness (QED) is 0.885. The van der Waals surface area contributed by atoms with Crippen molar-refractivity contribution in [3.8, 4) is 0 Å². The van der Waals surface area contributed by atoms with E-state index < -0.39 is 17.8 Å². The first-order valence-corrected chi connectivity index (χ1v) is 7.49. The molecule has 9 heteroatoms. The van der Waals surface area contributed by atoms with Crippen molar-refractivity contribution in [1.82, 2.24) is 5.43 Å². The highest BCUT2D eigenvalue weighted by atomic mass is 19.4. The van der Waals surface area contributed by atoms with E-state index >= 15 is 0 Å². The minimum atomic E-state index is -4.51. The normalized spacial score (nSPS) is 19.3. The third-order valence-electron chi connectivity index (χ3n) is 3.86. The molecule has 1 amide bonds. The molecule has 0 unspecified atom stereocenters. The van der Waals surface area contributed by atoms with Crippen LogP contribution in [-0.2, 0) is 15.7 Å². The van der Waals surface area contributed by atoms with Gasteiger partial charge in [-0.05, 0) is 25.0 Å². The van der Waals surface area contributed by atoms with Crippen LogP contribution in [-0.4, -0.2) is 37.7 Å². The lowest BCUT2D eigenvalue weighted by molar-refractivity contribution is -0.137. The number of halogens is 3. The molecule has 1 aromatic carbocycles. The molecule has 0 bridgehead atoms. The lowest BCUT2D eigenvalue weighted by Gasteiger charge is -2.26. The Morgan fingerprint density at radius 3 is 2.62 bits per heavy atom. The standard InChI is InChI=1S/C15H16F3N3O3/c16-15(17,18)11-7-9(13-8-24-14(22)21-20-13)1-2-12(11)19-10-3-5-23-6-4-10/h1-2,7,10,19H,3-6,8H2,(H,21,22). The third-order valence-corrected chi connectivity index (χ3v) is 3.86. The monoisotopic (exact) mass is 343 g/mol. The molecule has 1 fully saturated rings. The van der Waals surface area contributed by atoms with E-state index in [1.54, 1.807) is 0 Å². The first-order valence-electron chi connectivity index (χ1n) is 7.49. The van der Waals surface area contributed by atoms with Crippen LogP contribution in [0.25, 0.3) is 0 Å². The van der Waals surface area contributed by atoms with Gasteiger partial charge in [-0.25, -0.2) is 10.2 Å². The van der Waals surface area contributed by atoms with Gasteiger partial charge >= 0.3 is 12.3 Å². The van der Waals surface area contributed by atoms with Crippen molar-refractivity contribution in [3.63, 3.8) is 0 Å². The van der Waals surface area contributed by atoms with Crippen LogP contribution < -0.4 is 10.7 Å². The van der Waals surface area contributed by atoms with Crippen molar-refractivity contribution in [2.45, 2.75) is 25.1 Å². The van der Waals surface area contributed by atoms with Crippen LogP contribution in [0.3, 0.4) is 0 Å². The van der Waals surface area contributed by atoms with Crippen molar-refractivity contribution < 1.29 is 27.4 Å². The summed E-state index contributed by atoms with van der Waals surface area (Å²) in [5.41, 5.74) is 1.82. The molecule has 0 spiro atoms. The molecule has 0 radical (unpaired) electrons. The largest absolute Gasteiger partial charge is 0.442 e. The van der Waals surface area contributed by atoms with Crippen LogP contribution in [0.5, 0.6) is 0 Å². The number of carbonyl (C=O) groups is 1. The maximum absolute atomic E-state index is 13.4. The molecule has 130 valence electrons. The molecular formula is C15H16F3N3O3. The van der Waals surface area contributed by atoms with Gasteiger partial charge in [-0.1, -0.05) is 6.07 Å². The number of hydrogen-bond acceptors (Lipinski definition) is 5. The van der Waals surface area contributed by atoms with Gasteiger partial charge in [0.1, 0.15) is 12.3 Å². The molecule has 0 aliphatic carbocycles. The number of ether oxygens (including phenoxy) is 2. The number of nitrogens with zero attached hydrogens (tertiary/aromatic N) is 1. The molecular weight excluding hydrogens is 327 g/mol. The smallest absolute Gasteiger partial charge is 0.428 e. The van der Waals surface area contributed by atoms with Crippen molar-refractivity contribution in [3.05, 3.63) is 29.3 Å². The van der Waals surface area contributed by atoms with Crippen molar-refractivity contribution in [1.29, 1.82) is 0 Å². The second-order valence-electron chi connectivity index (χ2n) is 5.54. The number of rotatable bonds is 3. The van der Waals surface area contributed by atoms with Gasteiger partial charge < -0.3 is 14.8 Å². The van der Waals surface area contributed by atoms with E-state index in [4.69, 9.17) is 9.47 Å². The van der Waals surface area contributed by atoms with Gasteiger partial charge in [-0.3, -0.25) is 0 Å². The Balaban J connectivity index is 1.87. The molecule has 2 heterocycles. The van der Waals surface area contributed by atoms with Gasteiger partial charge in [0.05, 0.1) is 5.56 Å². The second kappa shape index (κ2) is 6.68. The summed E-state index contributed by atoms with van der Waals surface area (Å²) >= 11 is 0. The van der Waals surface area contributed by atoms with E-state index in [1.807, 2.05) is 0 Å². The van der Waals surface area contributed by atoms with Crippen molar-refractivity contribution >= 4 is 17.5 Å². The Morgan fingerprint density at radius 1 is 1.25 bits per heavy atom. The fraction of sp³-hybridized carbons (Fsp3) is 0.467. The zero-order valence-corrected chi connectivity index (χ0v) is 12.7. The lowest BCUT2D eigenvalue weighted by Crippen LogP contribution is -2.31. The summed E-state index contributed by atoms with van der Waals surface area (Å²) in [5.74, 6) is 0. The summed E-state index contributed by atoms with van der Waals surface area (Å²) in [7, 11) is 0. The molecule has 2 aliphatic rings. The van der Waals surface area contributed by atoms with E-state index in [0.717, 1.165) is 6.07 Å². The first kappa shape index (κ1) is 16.6. The summed E-state index contributed by atoms with van der Waals surface area (Å²) in [5, 5.41) is 6.69. The topological polar surface area (TPSA) is 72.0 Å². The van der Waals surface area contributed by atoms with E-state index in [1.165, 1.54) is 12.1 Å². The fourth-order valence-electron chi connectivity index (χ4n) is 2.61. The molecule has 1 saturated heterocycles. The Labute approximate surface area is 136 Å². The molecule has 0 saturated carbocycles. The maximum Gasteiger partial charge on any atom is 0.428 e. The zero-order valence-electron chi connectivity index (χ0n) is 12.7. The third kappa shape index (κ3) is 3.78. The molecule has 0 aromatic heterocycles. The van der Waals surface area contributed by atoms with Gasteiger partial charge in [0.2, 0.25) is 0 Å². The second-order valence-corrected chi connectivity index (χ2v) is 5.54. The van der Waals surface area contributed by atoms with Crippen molar-refractivity contribution in [2.24, 2.45) is 5.10 Å². The predicted molar refractivity (Wildman–Crippen MR) is 79.9 cm³/mol. The van der Waals surface area contributed by atoms with Crippen LogP contribution in [0, 0.1) is 0 Å². The maximum atomic E-state index is 13.4. The molecule has 3 rings (SSSR count). The number of cyclic esters (lactones) is 1. The van der Waals surface area contributed by atoms with Gasteiger partial charge in [0.25, 0.3) is 0 Å². The van der Waals surface area contributed by atoms with E-state index in [9.17, 15) is 18.0 Å². The highest BCUT2D eigenvalue weighted by molar-refractivity contribution is 6.04. The summed E-state index contributed by atoms with van der Waals surface area (Å²) in [6.07, 6.45) is -3.92. The Morgan fingerprint density at radius 2 is 2.00 bits per heavy atom. The van der Waals surface area contributed by atoms with Crippen LogP contribution in [0.1, 0.15) is 24.0 Å². The summed E-state index contributed by atoms with van der Waals surface area (Å²) in [6, 6.07) is 3.87. The number of carbonyl (C=O) groups excluding carboxylic acids is 1. The highest BCUT2D eigenvalue weighted by Crippen LogP contribution is 2.36. The van der Waals surface area contributed by atoms with Crippen molar-refractivity contribution in [2.75, 3.05) is 25.1 Å². The molecule has 2 aliphatic heterocycles.